The number of hydrogen-bond donors (Lipinski definition) is 4. The largest absolute Gasteiger partial charge is 0.390 e. The number of aliphatic hydroxyl groups excluding tert-OH is 1. The molecule has 0 aliphatic carbocycles. The Morgan fingerprint density at radius 2 is 2.41 bits per heavy atom. The van der Waals surface area contributed by atoms with Crippen molar-refractivity contribution in [3.63, 3.8) is 0 Å². The van der Waals surface area contributed by atoms with Crippen LogP contribution in [-0.2, 0) is 9.26 Å². The number of nitrogen functional groups attached to an aromatic ring is 1. The Morgan fingerprint density at radius 3 is 3.14 bits per heavy atom. The summed E-state index contributed by atoms with van der Waals surface area (Å²) in [5, 5.41) is 10.6. The summed E-state index contributed by atoms with van der Waals surface area (Å²) in [6.07, 6.45) is -0.136. The molecule has 0 radical (unpaired) electrons. The zero-order chi connectivity index (χ0) is 15.9. The number of aromatic amines is 1. The normalized spacial score (nSPS) is 29.0. The number of fused-ring (bicyclic) bond motifs is 1. The molecular formula is C12H17N4O5P. The number of aromatic nitrogens is 3. The van der Waals surface area contributed by atoms with Crippen LogP contribution >= 0.6 is 9.03 Å². The van der Waals surface area contributed by atoms with E-state index in [0.29, 0.717) is 11.0 Å². The van der Waals surface area contributed by atoms with Gasteiger partial charge in [-0.15, -0.1) is 0 Å². The van der Waals surface area contributed by atoms with Crippen LogP contribution in [-0.4, -0.2) is 43.3 Å². The maximum atomic E-state index is 11.9. The number of nitrogens with two attached hydrogens (primary N) is 1. The van der Waals surface area contributed by atoms with Crippen molar-refractivity contribution in [1.29, 1.82) is 0 Å². The second kappa shape index (κ2) is 5.94. The highest BCUT2D eigenvalue weighted by atomic mass is 31.1. The molecule has 10 heteroatoms. The van der Waals surface area contributed by atoms with Crippen LogP contribution in [0.15, 0.2) is 17.1 Å². The van der Waals surface area contributed by atoms with Crippen molar-refractivity contribution >= 4 is 26.0 Å². The Hall–Kier alpha value is -1.51. The van der Waals surface area contributed by atoms with Crippen molar-refractivity contribution in [3.05, 3.63) is 22.6 Å². The van der Waals surface area contributed by atoms with Crippen molar-refractivity contribution < 1.29 is 19.3 Å². The highest BCUT2D eigenvalue weighted by Gasteiger charge is 2.42. The zero-order valence-corrected chi connectivity index (χ0v) is 12.8. The molecule has 1 fully saturated rings. The number of aliphatic hydroxyl groups is 1. The molecule has 3 heterocycles. The molecule has 0 amide bonds. The first kappa shape index (κ1) is 15.4. The molecule has 0 saturated carbocycles. The molecule has 9 nitrogen and oxygen atoms in total. The average molecular weight is 328 g/mol. The van der Waals surface area contributed by atoms with E-state index in [1.807, 2.05) is 6.92 Å². The maximum Gasteiger partial charge on any atom is 0.261 e. The van der Waals surface area contributed by atoms with Gasteiger partial charge in [-0.05, 0) is 6.07 Å². The standard InChI is InChI=1S/C12H17N4O5P/c1-5-8(17)7(4-20-22-19)21-11(5)16-3-2-6-9(16)14-12(13)15-10(6)18/h2-3,5,7-8,11,17,19,22H,4H2,1H3,(H3,13,14,15,18). The van der Waals surface area contributed by atoms with Crippen LogP contribution in [0.2, 0.25) is 0 Å². The van der Waals surface area contributed by atoms with Gasteiger partial charge < -0.3 is 29.6 Å². The number of H-pyrrole nitrogens is 1. The third kappa shape index (κ3) is 2.51. The van der Waals surface area contributed by atoms with Gasteiger partial charge in [0.15, 0.2) is 14.7 Å². The fraction of sp³-hybridized carbons (Fsp3) is 0.500. The Kier molecular flexibility index (Phi) is 4.16. The van der Waals surface area contributed by atoms with E-state index < -0.39 is 27.5 Å². The summed E-state index contributed by atoms with van der Waals surface area (Å²) >= 11 is 0. The van der Waals surface area contributed by atoms with Crippen LogP contribution in [0, 0.1) is 5.92 Å². The van der Waals surface area contributed by atoms with Crippen molar-refractivity contribution in [3.8, 4) is 0 Å². The molecule has 5 unspecified atom stereocenters. The predicted molar refractivity (Wildman–Crippen MR) is 80.3 cm³/mol. The molecule has 120 valence electrons. The lowest BCUT2D eigenvalue weighted by Gasteiger charge is -2.18. The van der Waals surface area contributed by atoms with E-state index in [2.05, 4.69) is 9.97 Å². The van der Waals surface area contributed by atoms with Gasteiger partial charge in [-0.3, -0.25) is 9.78 Å². The topological polar surface area (TPSA) is 136 Å². The lowest BCUT2D eigenvalue weighted by molar-refractivity contribution is -0.0385. The van der Waals surface area contributed by atoms with Gasteiger partial charge in [-0.2, -0.15) is 4.98 Å². The fourth-order valence-electron chi connectivity index (χ4n) is 2.73. The van der Waals surface area contributed by atoms with Crippen molar-refractivity contribution in [2.45, 2.75) is 25.4 Å². The summed E-state index contributed by atoms with van der Waals surface area (Å²) in [4.78, 5) is 27.2. The predicted octanol–water partition coefficient (Wildman–Crippen LogP) is -0.281. The first-order valence-corrected chi connectivity index (χ1v) is 7.59. The molecule has 22 heavy (non-hydrogen) atoms. The van der Waals surface area contributed by atoms with E-state index >= 15 is 0 Å². The van der Waals surface area contributed by atoms with Crippen LogP contribution in [0.4, 0.5) is 5.95 Å². The highest BCUT2D eigenvalue weighted by molar-refractivity contribution is 7.24. The molecule has 5 N–H and O–H groups in total. The van der Waals surface area contributed by atoms with Gasteiger partial charge in [0, 0.05) is 12.1 Å². The van der Waals surface area contributed by atoms with E-state index in [4.69, 9.17) is 19.9 Å². The third-order valence-corrected chi connectivity index (χ3v) is 4.17. The summed E-state index contributed by atoms with van der Waals surface area (Å²) in [7, 11) is -0.660. The maximum absolute atomic E-state index is 11.9. The second-order valence-corrected chi connectivity index (χ2v) is 5.70. The molecule has 1 saturated heterocycles. The first-order valence-electron chi connectivity index (χ1n) is 6.73. The monoisotopic (exact) mass is 328 g/mol. The minimum atomic E-state index is -0.752. The number of rotatable bonds is 4. The second-order valence-electron chi connectivity index (χ2n) is 5.23. The summed E-state index contributed by atoms with van der Waals surface area (Å²) < 4.78 is 12.4. The van der Waals surface area contributed by atoms with Crippen molar-refractivity contribution in [2.75, 3.05) is 12.3 Å². The van der Waals surface area contributed by atoms with Crippen molar-refractivity contribution in [1.82, 2.24) is 14.5 Å². The Bertz CT molecular complexity index is 732. The number of ether oxygens (including phenoxy) is 1. The van der Waals surface area contributed by atoms with Crippen LogP contribution < -0.4 is 11.3 Å². The molecule has 0 bridgehead atoms. The van der Waals surface area contributed by atoms with Gasteiger partial charge in [0.05, 0.1) is 18.1 Å². The van der Waals surface area contributed by atoms with Gasteiger partial charge in [0.1, 0.15) is 12.3 Å². The SMILES string of the molecule is CC1C(O)C(COPO)OC1n1ccc2c(=O)[nH]c(N)nc21. The number of nitrogens with zero attached hydrogens (tertiary/aromatic N) is 2. The Morgan fingerprint density at radius 1 is 1.64 bits per heavy atom. The lowest BCUT2D eigenvalue weighted by atomic mass is 10.0. The molecule has 0 aromatic carbocycles. The number of anilines is 1. The molecule has 3 rings (SSSR count). The number of nitrogens with one attached hydrogen (secondary N) is 1. The van der Waals surface area contributed by atoms with Crippen LogP contribution in [0.5, 0.6) is 0 Å². The van der Waals surface area contributed by atoms with Crippen LogP contribution in [0.25, 0.3) is 11.0 Å². The van der Waals surface area contributed by atoms with E-state index in [1.165, 1.54) is 0 Å². The third-order valence-electron chi connectivity index (χ3n) is 3.87. The van der Waals surface area contributed by atoms with Gasteiger partial charge in [0.2, 0.25) is 5.95 Å². The highest BCUT2D eigenvalue weighted by Crippen LogP contribution is 2.36. The fourth-order valence-corrected chi connectivity index (χ4v) is 2.97. The Balaban J connectivity index is 1.96. The number of hydrogen-bond acceptors (Lipinski definition) is 7. The quantitative estimate of drug-likeness (QED) is 0.567. The molecule has 5 atom stereocenters. The van der Waals surface area contributed by atoms with E-state index in [9.17, 15) is 9.90 Å². The summed E-state index contributed by atoms with van der Waals surface area (Å²) in [5.74, 6) is -0.224. The molecule has 2 aromatic rings. The van der Waals surface area contributed by atoms with Crippen LogP contribution in [0.3, 0.4) is 0 Å². The van der Waals surface area contributed by atoms with Gasteiger partial charge in [-0.1, -0.05) is 6.92 Å². The zero-order valence-electron chi connectivity index (χ0n) is 11.8. The molecule has 1 aliphatic rings. The van der Waals surface area contributed by atoms with Crippen molar-refractivity contribution in [2.24, 2.45) is 5.92 Å². The minimum Gasteiger partial charge on any atom is -0.390 e. The van der Waals surface area contributed by atoms with Crippen LogP contribution in [0.1, 0.15) is 13.2 Å². The summed E-state index contributed by atoms with van der Waals surface area (Å²) in [5.41, 5.74) is 5.66. The molecule has 2 aromatic heterocycles. The van der Waals surface area contributed by atoms with Gasteiger partial charge in [0.25, 0.3) is 5.56 Å². The average Bonchev–Trinajstić information content (AvgIpc) is 3.00. The lowest BCUT2D eigenvalue weighted by Crippen LogP contribution is -2.28. The molecular weight excluding hydrogens is 311 g/mol. The smallest absolute Gasteiger partial charge is 0.261 e. The van der Waals surface area contributed by atoms with E-state index in [-0.39, 0.29) is 24.0 Å². The van der Waals surface area contributed by atoms with Gasteiger partial charge >= 0.3 is 0 Å². The first-order chi connectivity index (χ1) is 10.5. The molecule has 0 spiro atoms. The Labute approximate surface area is 127 Å². The van der Waals surface area contributed by atoms with E-state index in [0.717, 1.165) is 0 Å². The molecule has 1 aliphatic heterocycles. The summed E-state index contributed by atoms with van der Waals surface area (Å²) in [6.45, 7) is 1.92. The summed E-state index contributed by atoms with van der Waals surface area (Å²) in [6, 6.07) is 1.63. The van der Waals surface area contributed by atoms with Gasteiger partial charge in [-0.25, -0.2) is 0 Å². The van der Waals surface area contributed by atoms with E-state index in [1.54, 1.807) is 16.8 Å². The minimum absolute atomic E-state index is 0.0185.